The van der Waals surface area contributed by atoms with E-state index in [-0.39, 0.29) is 10.1 Å². The third-order valence-corrected chi connectivity index (χ3v) is 4.54. The van der Waals surface area contributed by atoms with Crippen molar-refractivity contribution < 1.29 is 23.8 Å². The Morgan fingerprint density at radius 1 is 1.24 bits per heavy atom. The number of thioether (sulfide) groups is 1. The summed E-state index contributed by atoms with van der Waals surface area (Å²) in [7, 11) is 4.31. The maximum absolute atomic E-state index is 11.7. The number of carbonyl (C=O) groups is 2. The van der Waals surface area contributed by atoms with Crippen LogP contribution in [0.2, 0.25) is 0 Å². The van der Waals surface area contributed by atoms with E-state index < -0.39 is 11.9 Å². The van der Waals surface area contributed by atoms with Crippen molar-refractivity contribution in [3.05, 3.63) is 33.2 Å². The normalized spacial score (nSPS) is 17.2. The first-order valence-corrected chi connectivity index (χ1v) is 8.40. The number of methoxy groups -OCH3 is 3. The van der Waals surface area contributed by atoms with Crippen LogP contribution in [0.25, 0.3) is 0 Å². The zero-order valence-corrected chi connectivity index (χ0v) is 15.9. The van der Waals surface area contributed by atoms with E-state index in [2.05, 4.69) is 36.2 Å². The SMILES string of the molecule is COC(=O)/C=C1/S/C(=N\N=Cc2cc(OC)c(OC)cc2Br)NC1=O. The molecule has 0 saturated carbocycles. The number of hydrogen-bond acceptors (Lipinski definition) is 8. The van der Waals surface area contributed by atoms with E-state index in [1.165, 1.54) is 20.4 Å². The van der Waals surface area contributed by atoms with Crippen molar-refractivity contribution >= 4 is 51.0 Å². The maximum atomic E-state index is 11.7. The van der Waals surface area contributed by atoms with E-state index >= 15 is 0 Å². The Balaban J connectivity index is 2.16. The van der Waals surface area contributed by atoms with Gasteiger partial charge in [0.25, 0.3) is 5.91 Å². The molecular formula is C15H14BrN3O5S. The summed E-state index contributed by atoms with van der Waals surface area (Å²) >= 11 is 4.40. The molecule has 0 spiro atoms. The smallest absolute Gasteiger partial charge is 0.331 e. The van der Waals surface area contributed by atoms with Gasteiger partial charge in [0.1, 0.15) is 0 Å². The second-order valence-electron chi connectivity index (χ2n) is 4.47. The quantitative estimate of drug-likeness (QED) is 0.334. The molecule has 1 aromatic carbocycles. The Morgan fingerprint density at radius 3 is 2.56 bits per heavy atom. The molecule has 1 aliphatic rings. The summed E-state index contributed by atoms with van der Waals surface area (Å²) in [6.07, 6.45) is 2.59. The number of carbonyl (C=O) groups excluding carboxylic acids is 2. The van der Waals surface area contributed by atoms with Gasteiger partial charge < -0.3 is 14.2 Å². The summed E-state index contributed by atoms with van der Waals surface area (Å²) < 4.78 is 15.7. The lowest BCUT2D eigenvalue weighted by atomic mass is 10.2. The van der Waals surface area contributed by atoms with E-state index in [9.17, 15) is 9.59 Å². The first-order chi connectivity index (χ1) is 12.0. The molecule has 0 aliphatic carbocycles. The molecule has 0 aromatic heterocycles. The van der Waals surface area contributed by atoms with Crippen molar-refractivity contribution in [2.45, 2.75) is 0 Å². The molecule has 1 fully saturated rings. The molecule has 2 rings (SSSR count). The van der Waals surface area contributed by atoms with Crippen LogP contribution in [0.4, 0.5) is 0 Å². The largest absolute Gasteiger partial charge is 0.493 e. The highest BCUT2D eigenvalue weighted by Gasteiger charge is 2.25. The average molecular weight is 428 g/mol. The average Bonchev–Trinajstić information content (AvgIpc) is 2.95. The molecule has 1 saturated heterocycles. The fraction of sp³-hybridized carbons (Fsp3) is 0.200. The molecule has 0 bridgehead atoms. The van der Waals surface area contributed by atoms with Crippen LogP contribution in [0.3, 0.4) is 0 Å². The van der Waals surface area contributed by atoms with Gasteiger partial charge in [-0.3, -0.25) is 10.1 Å². The molecule has 8 nitrogen and oxygen atoms in total. The maximum Gasteiger partial charge on any atom is 0.331 e. The highest BCUT2D eigenvalue weighted by Crippen LogP contribution is 2.32. The van der Waals surface area contributed by atoms with Gasteiger partial charge in [0, 0.05) is 16.1 Å². The number of amidine groups is 1. The van der Waals surface area contributed by atoms with Gasteiger partial charge in [-0.05, 0) is 39.8 Å². The third kappa shape index (κ3) is 4.83. The molecule has 0 unspecified atom stereocenters. The highest BCUT2D eigenvalue weighted by atomic mass is 79.9. The number of benzene rings is 1. The fourth-order valence-electron chi connectivity index (χ4n) is 1.75. The molecule has 0 atom stereocenters. The minimum absolute atomic E-state index is 0.188. The monoisotopic (exact) mass is 427 g/mol. The number of ether oxygens (including phenoxy) is 3. The number of hydrogen-bond donors (Lipinski definition) is 1. The molecule has 1 amide bonds. The van der Waals surface area contributed by atoms with E-state index in [1.54, 1.807) is 19.2 Å². The van der Waals surface area contributed by atoms with Crippen molar-refractivity contribution in [3.8, 4) is 11.5 Å². The Kier molecular flexibility index (Phi) is 6.59. The summed E-state index contributed by atoms with van der Waals surface area (Å²) in [5.74, 6) is 0.0778. The Bertz CT molecular complexity index is 792. The van der Waals surface area contributed by atoms with Gasteiger partial charge in [-0.1, -0.05) is 0 Å². The summed E-state index contributed by atoms with van der Waals surface area (Å²) in [6, 6.07) is 3.48. The number of esters is 1. The Hall–Kier alpha value is -2.33. The zero-order valence-electron chi connectivity index (χ0n) is 13.5. The Labute approximate surface area is 156 Å². The Morgan fingerprint density at radius 2 is 1.92 bits per heavy atom. The van der Waals surface area contributed by atoms with Crippen LogP contribution in [-0.2, 0) is 14.3 Å². The number of halogens is 1. The number of nitrogens with one attached hydrogen (secondary N) is 1. The summed E-state index contributed by atoms with van der Waals surface area (Å²) in [5.41, 5.74) is 0.710. The minimum Gasteiger partial charge on any atom is -0.493 e. The lowest BCUT2D eigenvalue weighted by Crippen LogP contribution is -2.19. The molecule has 1 heterocycles. The fourth-order valence-corrected chi connectivity index (χ4v) is 2.92. The standard InChI is InChI=1S/C15H14BrN3O5S/c1-22-10-4-8(9(16)5-11(10)23-2)7-17-19-15-18-14(21)12(25-15)6-13(20)24-3/h4-7H,1-3H3,(H,18,19,21)/b12-6+,17-7?. The van der Waals surface area contributed by atoms with Gasteiger partial charge in [-0.15, -0.1) is 5.10 Å². The minimum atomic E-state index is -0.614. The van der Waals surface area contributed by atoms with E-state index in [1.807, 2.05) is 0 Å². The van der Waals surface area contributed by atoms with Gasteiger partial charge in [0.05, 0.1) is 32.4 Å². The summed E-state index contributed by atoms with van der Waals surface area (Å²) in [6.45, 7) is 0. The molecule has 1 aliphatic heterocycles. The number of rotatable bonds is 5. The van der Waals surface area contributed by atoms with Gasteiger partial charge in [0.15, 0.2) is 16.7 Å². The van der Waals surface area contributed by atoms with Gasteiger partial charge >= 0.3 is 5.97 Å². The van der Waals surface area contributed by atoms with E-state index in [4.69, 9.17) is 9.47 Å². The molecule has 25 heavy (non-hydrogen) atoms. The first-order valence-electron chi connectivity index (χ1n) is 6.80. The van der Waals surface area contributed by atoms with Crippen molar-refractivity contribution in [3.63, 3.8) is 0 Å². The molecular weight excluding hydrogens is 414 g/mol. The van der Waals surface area contributed by atoms with Gasteiger partial charge in [-0.2, -0.15) is 5.10 Å². The van der Waals surface area contributed by atoms with Crippen LogP contribution < -0.4 is 14.8 Å². The number of amides is 1. The number of nitrogens with zero attached hydrogens (tertiary/aromatic N) is 2. The third-order valence-electron chi connectivity index (χ3n) is 2.95. The van der Waals surface area contributed by atoms with Crippen LogP contribution in [0.15, 0.2) is 37.8 Å². The van der Waals surface area contributed by atoms with Crippen LogP contribution in [0.1, 0.15) is 5.56 Å². The van der Waals surface area contributed by atoms with Crippen molar-refractivity contribution in [2.24, 2.45) is 10.2 Å². The van der Waals surface area contributed by atoms with Crippen LogP contribution in [-0.4, -0.2) is 44.6 Å². The second kappa shape index (κ2) is 8.67. The van der Waals surface area contributed by atoms with Gasteiger partial charge in [-0.25, -0.2) is 4.79 Å². The van der Waals surface area contributed by atoms with Crippen LogP contribution >= 0.6 is 27.7 Å². The predicted molar refractivity (Wildman–Crippen MR) is 98.1 cm³/mol. The lowest BCUT2D eigenvalue weighted by molar-refractivity contribution is -0.135. The molecule has 132 valence electrons. The summed E-state index contributed by atoms with van der Waals surface area (Å²) in [4.78, 5) is 23.1. The zero-order chi connectivity index (χ0) is 18.4. The highest BCUT2D eigenvalue weighted by molar-refractivity contribution is 9.10. The van der Waals surface area contributed by atoms with Crippen LogP contribution in [0, 0.1) is 0 Å². The van der Waals surface area contributed by atoms with Crippen molar-refractivity contribution in [2.75, 3.05) is 21.3 Å². The molecule has 1 N–H and O–H groups in total. The predicted octanol–water partition coefficient (Wildman–Crippen LogP) is 2.08. The van der Waals surface area contributed by atoms with Gasteiger partial charge in [0.2, 0.25) is 0 Å². The van der Waals surface area contributed by atoms with Crippen LogP contribution in [0.5, 0.6) is 11.5 Å². The topological polar surface area (TPSA) is 98.6 Å². The summed E-state index contributed by atoms with van der Waals surface area (Å²) in [5, 5.41) is 10.6. The second-order valence-corrected chi connectivity index (χ2v) is 6.35. The molecule has 10 heteroatoms. The lowest BCUT2D eigenvalue weighted by Gasteiger charge is -2.09. The van der Waals surface area contributed by atoms with Crippen molar-refractivity contribution in [1.82, 2.24) is 5.32 Å². The van der Waals surface area contributed by atoms with E-state index in [0.29, 0.717) is 17.1 Å². The molecule has 1 aromatic rings. The van der Waals surface area contributed by atoms with E-state index in [0.717, 1.165) is 22.3 Å². The first kappa shape index (κ1) is 19.0. The van der Waals surface area contributed by atoms with Crippen molar-refractivity contribution in [1.29, 1.82) is 0 Å². The molecule has 0 radical (unpaired) electrons.